The number of nitrogens with one attached hydrogen (secondary N) is 1. The highest BCUT2D eigenvalue weighted by Gasteiger charge is 2.20. The van der Waals surface area contributed by atoms with Crippen LogP contribution in [0.5, 0.6) is 0 Å². The molecule has 0 spiro atoms. The van der Waals surface area contributed by atoms with E-state index >= 15 is 0 Å². The monoisotopic (exact) mass is 367 g/mol. The van der Waals surface area contributed by atoms with E-state index in [1.807, 2.05) is 35.9 Å². The van der Waals surface area contributed by atoms with Crippen LogP contribution in [-0.4, -0.2) is 32.6 Å². The maximum atomic E-state index is 8.90. The van der Waals surface area contributed by atoms with Gasteiger partial charge in [0.15, 0.2) is 5.65 Å². The minimum atomic E-state index is 0.529. The average molecular weight is 367 g/mol. The van der Waals surface area contributed by atoms with Crippen LogP contribution in [0.1, 0.15) is 63.1 Å². The Hall–Kier alpha value is -2.63. The lowest BCUT2D eigenvalue weighted by Crippen LogP contribution is -2.13. The third-order valence-corrected chi connectivity index (χ3v) is 5.17. The van der Waals surface area contributed by atoms with Crippen LogP contribution in [0, 0.1) is 0 Å². The van der Waals surface area contributed by atoms with Crippen molar-refractivity contribution in [2.45, 2.75) is 58.3 Å². The Labute approximate surface area is 160 Å². The zero-order valence-corrected chi connectivity index (χ0v) is 16.2. The number of oxime groups is 1. The third-order valence-electron chi connectivity index (χ3n) is 5.17. The fraction of sp³-hybridized carbons (Fsp3) is 0.476. The predicted octanol–water partition coefficient (Wildman–Crippen LogP) is 4.71. The lowest BCUT2D eigenvalue weighted by molar-refractivity contribution is 0.321. The van der Waals surface area contributed by atoms with Crippen molar-refractivity contribution in [2.75, 3.05) is 11.9 Å². The van der Waals surface area contributed by atoms with Gasteiger partial charge < -0.3 is 10.5 Å². The molecule has 0 unspecified atom stereocenters. The number of rotatable bonds is 7. The summed E-state index contributed by atoms with van der Waals surface area (Å²) in [5, 5.41) is 20.1. The zero-order valence-electron chi connectivity index (χ0n) is 16.2. The van der Waals surface area contributed by atoms with Crippen LogP contribution in [-0.2, 0) is 6.42 Å². The topological polar surface area (TPSA) is 74.8 Å². The van der Waals surface area contributed by atoms with Crippen molar-refractivity contribution in [3.05, 3.63) is 47.3 Å². The van der Waals surface area contributed by atoms with Crippen molar-refractivity contribution in [3.8, 4) is 0 Å². The van der Waals surface area contributed by atoms with E-state index in [2.05, 4.69) is 28.6 Å². The summed E-state index contributed by atoms with van der Waals surface area (Å²) in [6.07, 6.45) is 16.4. The molecule has 0 bridgehead atoms. The molecular weight excluding hydrogens is 338 g/mol. The number of allylic oxidation sites excluding steroid dienone is 3. The summed E-state index contributed by atoms with van der Waals surface area (Å²) in [5.74, 6) is 1.46. The van der Waals surface area contributed by atoms with Gasteiger partial charge in [-0.25, -0.2) is 4.98 Å². The Morgan fingerprint density at radius 3 is 2.89 bits per heavy atom. The summed E-state index contributed by atoms with van der Waals surface area (Å²) < 4.78 is 1.88. The molecule has 0 aromatic carbocycles. The number of nitrogens with zero attached hydrogens (tertiary/aromatic N) is 4. The molecule has 2 aromatic heterocycles. The van der Waals surface area contributed by atoms with Crippen LogP contribution < -0.4 is 5.32 Å². The smallest absolute Gasteiger partial charge is 0.160 e. The normalized spacial score (nSPS) is 16.7. The molecule has 0 amide bonds. The van der Waals surface area contributed by atoms with Crippen molar-refractivity contribution < 1.29 is 5.21 Å². The van der Waals surface area contributed by atoms with E-state index in [1.165, 1.54) is 38.3 Å². The van der Waals surface area contributed by atoms with E-state index in [-0.39, 0.29) is 0 Å². The van der Waals surface area contributed by atoms with E-state index < -0.39 is 0 Å². The van der Waals surface area contributed by atoms with Crippen LogP contribution in [0.4, 0.5) is 5.82 Å². The molecule has 0 aliphatic heterocycles. The molecule has 2 heterocycles. The minimum absolute atomic E-state index is 0.529. The quantitative estimate of drug-likeness (QED) is 0.321. The van der Waals surface area contributed by atoms with Crippen LogP contribution in [0.15, 0.2) is 41.2 Å². The zero-order chi connectivity index (χ0) is 19.1. The summed E-state index contributed by atoms with van der Waals surface area (Å²) in [5.41, 5.74) is 4.15. The summed E-state index contributed by atoms with van der Waals surface area (Å²) in [7, 11) is 0. The van der Waals surface area contributed by atoms with E-state index in [4.69, 9.17) is 10.2 Å². The third kappa shape index (κ3) is 4.56. The van der Waals surface area contributed by atoms with Gasteiger partial charge in [-0.1, -0.05) is 49.6 Å². The molecule has 1 saturated carbocycles. The molecule has 1 aliphatic rings. The Morgan fingerprint density at radius 2 is 2.19 bits per heavy atom. The molecule has 1 fully saturated rings. The Balaban J connectivity index is 1.93. The van der Waals surface area contributed by atoms with Gasteiger partial charge in [-0.2, -0.15) is 9.61 Å². The second kappa shape index (κ2) is 9.35. The average Bonchev–Trinajstić information content (AvgIpc) is 3.13. The Morgan fingerprint density at radius 1 is 1.37 bits per heavy atom. The largest absolute Gasteiger partial charge is 0.411 e. The van der Waals surface area contributed by atoms with Crippen LogP contribution >= 0.6 is 0 Å². The van der Waals surface area contributed by atoms with Crippen molar-refractivity contribution in [1.82, 2.24) is 14.6 Å². The van der Waals surface area contributed by atoms with Gasteiger partial charge >= 0.3 is 0 Å². The summed E-state index contributed by atoms with van der Waals surface area (Å²) in [6.45, 7) is 4.63. The highest BCUT2D eigenvalue weighted by atomic mass is 16.4. The second-order valence-corrected chi connectivity index (χ2v) is 7.03. The van der Waals surface area contributed by atoms with E-state index in [1.54, 1.807) is 0 Å². The van der Waals surface area contributed by atoms with E-state index in [0.717, 1.165) is 34.7 Å². The molecule has 27 heavy (non-hydrogen) atoms. The second-order valence-electron chi connectivity index (χ2n) is 7.03. The number of anilines is 1. The molecule has 0 saturated heterocycles. The fourth-order valence-electron chi connectivity index (χ4n) is 3.64. The number of hydrogen-bond donors (Lipinski definition) is 2. The molecule has 1 aliphatic carbocycles. The van der Waals surface area contributed by atoms with Gasteiger partial charge in [0.05, 0.1) is 12.4 Å². The van der Waals surface area contributed by atoms with Gasteiger partial charge in [0.1, 0.15) is 5.82 Å². The predicted molar refractivity (Wildman–Crippen MR) is 110 cm³/mol. The van der Waals surface area contributed by atoms with E-state index in [9.17, 15) is 0 Å². The maximum Gasteiger partial charge on any atom is 0.160 e. The van der Waals surface area contributed by atoms with Crippen molar-refractivity contribution >= 4 is 17.7 Å². The Bertz CT molecular complexity index is 844. The Kier molecular flexibility index (Phi) is 6.63. The molecule has 0 atom stereocenters. The molecule has 6 nitrogen and oxygen atoms in total. The first kappa shape index (κ1) is 19.1. The number of fused-ring (bicyclic) bond motifs is 1. The SMILES string of the molecule is C\C=C/C=C(\C=N\O)CNc1cc(C2CCCCC2)nc2c(CC)cnn12. The van der Waals surface area contributed by atoms with Crippen LogP contribution in [0.25, 0.3) is 5.65 Å². The van der Waals surface area contributed by atoms with Crippen molar-refractivity contribution in [2.24, 2.45) is 5.16 Å². The fourth-order valence-corrected chi connectivity index (χ4v) is 3.64. The molecule has 2 aromatic rings. The number of aryl methyl sites for hydroxylation is 1. The molecule has 3 rings (SSSR count). The molecular formula is C21H29N5O. The van der Waals surface area contributed by atoms with Gasteiger partial charge in [-0.05, 0) is 31.8 Å². The van der Waals surface area contributed by atoms with Gasteiger partial charge in [-0.3, -0.25) is 0 Å². The molecule has 0 radical (unpaired) electrons. The lowest BCUT2D eigenvalue weighted by Gasteiger charge is -2.22. The highest BCUT2D eigenvalue weighted by molar-refractivity contribution is 5.79. The number of hydrogen-bond acceptors (Lipinski definition) is 5. The molecule has 2 N–H and O–H groups in total. The van der Waals surface area contributed by atoms with Gasteiger partial charge in [0, 0.05) is 29.8 Å². The minimum Gasteiger partial charge on any atom is -0.411 e. The van der Waals surface area contributed by atoms with E-state index in [0.29, 0.717) is 12.5 Å². The molecule has 144 valence electrons. The first-order valence-corrected chi connectivity index (χ1v) is 9.87. The van der Waals surface area contributed by atoms with Crippen LogP contribution in [0.3, 0.4) is 0 Å². The van der Waals surface area contributed by atoms with Crippen molar-refractivity contribution in [3.63, 3.8) is 0 Å². The lowest BCUT2D eigenvalue weighted by atomic mass is 9.87. The molecule has 6 heteroatoms. The standard InChI is InChI=1S/C21H29N5O/c1-3-5-9-16(14-24-27)13-22-20-12-19(18-10-7-6-8-11-18)25-21-17(4-2)15-23-26(20)21/h3,5,9,12,14-15,18,22,27H,4,6-8,10-11,13H2,1-2H3/b5-3-,16-9-,24-14+. The summed E-state index contributed by atoms with van der Waals surface area (Å²) in [6, 6.07) is 2.14. The number of aromatic nitrogens is 3. The van der Waals surface area contributed by atoms with Crippen molar-refractivity contribution in [1.29, 1.82) is 0 Å². The van der Waals surface area contributed by atoms with Crippen LogP contribution in [0.2, 0.25) is 0 Å². The van der Waals surface area contributed by atoms with Gasteiger partial charge in [-0.15, -0.1) is 0 Å². The first-order valence-electron chi connectivity index (χ1n) is 9.87. The van der Waals surface area contributed by atoms with Gasteiger partial charge in [0.2, 0.25) is 0 Å². The summed E-state index contributed by atoms with van der Waals surface area (Å²) in [4.78, 5) is 4.97. The maximum absolute atomic E-state index is 8.90. The summed E-state index contributed by atoms with van der Waals surface area (Å²) >= 11 is 0. The first-order chi connectivity index (χ1) is 13.3. The van der Waals surface area contributed by atoms with Gasteiger partial charge in [0.25, 0.3) is 0 Å². The highest BCUT2D eigenvalue weighted by Crippen LogP contribution is 2.33.